The molecule has 2 fully saturated rings. The fraction of sp³-hybridized carbons (Fsp3) is 0.579. The second kappa shape index (κ2) is 8.56. The smallest absolute Gasteiger partial charge is 0.317 e. The SMILES string of the molecule is O=C(NCc1cccc(Cl)c1)N1CCN(C(=O)C2CCCCC2)CC1. The van der Waals surface area contributed by atoms with Crippen molar-refractivity contribution < 1.29 is 9.59 Å². The minimum absolute atomic E-state index is 0.0789. The third-order valence-electron chi connectivity index (χ3n) is 5.17. The van der Waals surface area contributed by atoms with Crippen molar-refractivity contribution >= 4 is 23.5 Å². The second-order valence-corrected chi connectivity index (χ2v) is 7.37. The van der Waals surface area contributed by atoms with Crippen LogP contribution in [-0.2, 0) is 11.3 Å². The molecule has 1 aromatic rings. The van der Waals surface area contributed by atoms with Crippen LogP contribution in [0.15, 0.2) is 24.3 Å². The van der Waals surface area contributed by atoms with Crippen molar-refractivity contribution in [3.05, 3.63) is 34.9 Å². The minimum Gasteiger partial charge on any atom is -0.339 e. The number of benzene rings is 1. The molecule has 5 nitrogen and oxygen atoms in total. The van der Waals surface area contributed by atoms with Gasteiger partial charge in [-0.1, -0.05) is 43.0 Å². The fourth-order valence-corrected chi connectivity index (χ4v) is 3.89. The van der Waals surface area contributed by atoms with E-state index in [1.54, 1.807) is 4.90 Å². The molecule has 25 heavy (non-hydrogen) atoms. The molecule has 2 aliphatic rings. The highest BCUT2D eigenvalue weighted by Crippen LogP contribution is 2.25. The summed E-state index contributed by atoms with van der Waals surface area (Å²) in [6, 6.07) is 7.40. The molecule has 0 unspecified atom stereocenters. The minimum atomic E-state index is -0.0789. The zero-order valence-corrected chi connectivity index (χ0v) is 15.3. The Morgan fingerprint density at radius 1 is 1.04 bits per heavy atom. The van der Waals surface area contributed by atoms with Gasteiger partial charge in [0, 0.05) is 43.7 Å². The first kappa shape index (κ1) is 18.1. The van der Waals surface area contributed by atoms with E-state index >= 15 is 0 Å². The number of rotatable bonds is 3. The Bertz CT molecular complexity index is 608. The maximum Gasteiger partial charge on any atom is 0.317 e. The Morgan fingerprint density at radius 2 is 1.72 bits per heavy atom. The number of nitrogens with one attached hydrogen (secondary N) is 1. The molecule has 6 heteroatoms. The lowest BCUT2D eigenvalue weighted by atomic mass is 9.88. The van der Waals surface area contributed by atoms with E-state index in [2.05, 4.69) is 5.32 Å². The van der Waals surface area contributed by atoms with Gasteiger partial charge in [0.2, 0.25) is 5.91 Å². The summed E-state index contributed by atoms with van der Waals surface area (Å²) < 4.78 is 0. The van der Waals surface area contributed by atoms with E-state index in [9.17, 15) is 9.59 Å². The van der Waals surface area contributed by atoms with Crippen LogP contribution in [0.5, 0.6) is 0 Å². The van der Waals surface area contributed by atoms with Gasteiger partial charge in [0.15, 0.2) is 0 Å². The fourth-order valence-electron chi connectivity index (χ4n) is 3.67. The maximum atomic E-state index is 12.6. The Balaban J connectivity index is 1.43. The molecule has 1 heterocycles. The van der Waals surface area contributed by atoms with E-state index < -0.39 is 0 Å². The van der Waals surface area contributed by atoms with E-state index in [4.69, 9.17) is 11.6 Å². The van der Waals surface area contributed by atoms with E-state index in [0.717, 1.165) is 18.4 Å². The molecule has 1 saturated heterocycles. The average Bonchev–Trinajstić information content (AvgIpc) is 2.66. The molecule has 1 aromatic carbocycles. The summed E-state index contributed by atoms with van der Waals surface area (Å²) in [5.74, 6) is 0.496. The predicted octanol–water partition coefficient (Wildman–Crippen LogP) is 3.27. The molecule has 1 saturated carbocycles. The zero-order valence-electron chi connectivity index (χ0n) is 14.5. The van der Waals surface area contributed by atoms with Crippen LogP contribution in [0.25, 0.3) is 0 Å². The van der Waals surface area contributed by atoms with Gasteiger partial charge in [-0.05, 0) is 30.5 Å². The number of hydrogen-bond donors (Lipinski definition) is 1. The maximum absolute atomic E-state index is 12.6. The number of urea groups is 1. The molecule has 3 rings (SSSR count). The Hall–Kier alpha value is -1.75. The number of carbonyl (C=O) groups excluding carboxylic acids is 2. The van der Waals surface area contributed by atoms with Crippen LogP contribution < -0.4 is 5.32 Å². The van der Waals surface area contributed by atoms with Gasteiger partial charge in [-0.3, -0.25) is 4.79 Å². The average molecular weight is 364 g/mol. The summed E-state index contributed by atoms with van der Waals surface area (Å²) in [6.07, 6.45) is 5.65. The molecule has 0 bridgehead atoms. The van der Waals surface area contributed by atoms with Gasteiger partial charge in [-0.2, -0.15) is 0 Å². The van der Waals surface area contributed by atoms with Crippen molar-refractivity contribution in [2.45, 2.75) is 38.6 Å². The third-order valence-corrected chi connectivity index (χ3v) is 5.40. The highest BCUT2D eigenvalue weighted by Gasteiger charge is 2.29. The first-order chi connectivity index (χ1) is 12.1. The highest BCUT2D eigenvalue weighted by atomic mass is 35.5. The Labute approximate surface area is 154 Å². The van der Waals surface area contributed by atoms with Crippen LogP contribution in [0, 0.1) is 5.92 Å². The molecule has 0 atom stereocenters. The molecular weight excluding hydrogens is 338 g/mol. The van der Waals surface area contributed by atoms with Gasteiger partial charge >= 0.3 is 6.03 Å². The lowest BCUT2D eigenvalue weighted by Crippen LogP contribution is -2.54. The van der Waals surface area contributed by atoms with Crippen LogP contribution in [0.3, 0.4) is 0 Å². The molecule has 0 spiro atoms. The summed E-state index contributed by atoms with van der Waals surface area (Å²) in [5, 5.41) is 3.60. The van der Waals surface area contributed by atoms with E-state index in [-0.39, 0.29) is 11.9 Å². The first-order valence-electron chi connectivity index (χ1n) is 9.19. The standard InChI is InChI=1S/C19H26ClN3O2/c20-17-8-4-5-15(13-17)14-21-19(25)23-11-9-22(10-12-23)18(24)16-6-2-1-3-7-16/h4-5,8,13,16H,1-3,6-7,9-12,14H2,(H,21,25). The zero-order chi connectivity index (χ0) is 17.6. The van der Waals surface area contributed by atoms with Crippen molar-refractivity contribution in [3.8, 4) is 0 Å². The summed E-state index contributed by atoms with van der Waals surface area (Å²) >= 11 is 5.96. The molecule has 136 valence electrons. The number of carbonyl (C=O) groups is 2. The summed E-state index contributed by atoms with van der Waals surface area (Å²) in [6.45, 7) is 2.93. The van der Waals surface area contributed by atoms with Crippen molar-refractivity contribution in [3.63, 3.8) is 0 Å². The molecule has 3 amide bonds. The van der Waals surface area contributed by atoms with Crippen LogP contribution >= 0.6 is 11.6 Å². The molecule has 0 radical (unpaired) electrons. The van der Waals surface area contributed by atoms with E-state index in [1.165, 1.54) is 19.3 Å². The number of hydrogen-bond acceptors (Lipinski definition) is 2. The predicted molar refractivity (Wildman–Crippen MR) is 98.4 cm³/mol. The Kier molecular flexibility index (Phi) is 6.19. The molecular formula is C19H26ClN3O2. The molecule has 0 aromatic heterocycles. The monoisotopic (exact) mass is 363 g/mol. The lowest BCUT2D eigenvalue weighted by molar-refractivity contribution is -0.138. The van der Waals surface area contributed by atoms with Gasteiger partial charge < -0.3 is 15.1 Å². The first-order valence-corrected chi connectivity index (χ1v) is 9.57. The Morgan fingerprint density at radius 3 is 2.40 bits per heavy atom. The third kappa shape index (κ3) is 4.88. The van der Waals surface area contributed by atoms with Gasteiger partial charge in [-0.25, -0.2) is 4.79 Å². The van der Waals surface area contributed by atoms with Crippen LogP contribution in [-0.4, -0.2) is 47.9 Å². The van der Waals surface area contributed by atoms with Crippen molar-refractivity contribution in [2.24, 2.45) is 5.92 Å². The quantitative estimate of drug-likeness (QED) is 0.896. The van der Waals surface area contributed by atoms with Crippen LogP contribution in [0.4, 0.5) is 4.79 Å². The highest BCUT2D eigenvalue weighted by molar-refractivity contribution is 6.30. The molecule has 1 aliphatic carbocycles. The van der Waals surface area contributed by atoms with Gasteiger partial charge in [0.25, 0.3) is 0 Å². The van der Waals surface area contributed by atoms with Crippen molar-refractivity contribution in [1.82, 2.24) is 15.1 Å². The van der Waals surface area contributed by atoms with Crippen LogP contribution in [0.2, 0.25) is 5.02 Å². The largest absolute Gasteiger partial charge is 0.339 e. The lowest BCUT2D eigenvalue weighted by Gasteiger charge is -2.37. The topological polar surface area (TPSA) is 52.7 Å². The van der Waals surface area contributed by atoms with Crippen LogP contribution in [0.1, 0.15) is 37.7 Å². The number of amides is 3. The van der Waals surface area contributed by atoms with Crippen molar-refractivity contribution in [2.75, 3.05) is 26.2 Å². The molecule has 1 N–H and O–H groups in total. The van der Waals surface area contributed by atoms with Crippen molar-refractivity contribution in [1.29, 1.82) is 0 Å². The number of piperazine rings is 1. The normalized spacial score (nSPS) is 18.9. The van der Waals surface area contributed by atoms with Gasteiger partial charge in [0.05, 0.1) is 0 Å². The van der Waals surface area contributed by atoms with E-state index in [0.29, 0.717) is 43.7 Å². The van der Waals surface area contributed by atoms with Gasteiger partial charge in [0.1, 0.15) is 0 Å². The number of halogens is 1. The summed E-state index contributed by atoms with van der Waals surface area (Å²) in [4.78, 5) is 28.6. The second-order valence-electron chi connectivity index (χ2n) is 6.94. The van der Waals surface area contributed by atoms with Gasteiger partial charge in [-0.15, -0.1) is 0 Å². The van der Waals surface area contributed by atoms with E-state index in [1.807, 2.05) is 29.2 Å². The summed E-state index contributed by atoms with van der Waals surface area (Å²) in [5.41, 5.74) is 0.979. The summed E-state index contributed by atoms with van der Waals surface area (Å²) in [7, 11) is 0. The number of nitrogens with zero attached hydrogens (tertiary/aromatic N) is 2. The molecule has 1 aliphatic heterocycles.